The zero-order valence-electron chi connectivity index (χ0n) is 9.73. The summed E-state index contributed by atoms with van der Waals surface area (Å²) in [5.74, 6) is 1.82. The predicted octanol–water partition coefficient (Wildman–Crippen LogP) is 1.91. The van der Waals surface area contributed by atoms with E-state index in [2.05, 4.69) is 30.8 Å². The van der Waals surface area contributed by atoms with Gasteiger partial charge >= 0.3 is 0 Å². The maximum atomic E-state index is 4.57. The Morgan fingerprint density at radius 3 is 3.06 bits per heavy atom. The summed E-state index contributed by atoms with van der Waals surface area (Å²) in [7, 11) is 3.93. The molecule has 1 fully saturated rings. The molecule has 5 heteroatoms. The van der Waals surface area contributed by atoms with Crippen LogP contribution in [0.25, 0.3) is 0 Å². The highest BCUT2D eigenvalue weighted by molar-refractivity contribution is 9.09. The summed E-state index contributed by atoms with van der Waals surface area (Å²) in [6.07, 6.45) is 4.32. The minimum Gasteiger partial charge on any atom is -0.353 e. The van der Waals surface area contributed by atoms with E-state index in [1.807, 2.05) is 31.3 Å². The van der Waals surface area contributed by atoms with E-state index in [9.17, 15) is 0 Å². The Kier molecular flexibility index (Phi) is 3.63. The molecular weight excluding hydrogens is 268 g/mol. The van der Waals surface area contributed by atoms with Crippen molar-refractivity contribution in [3.63, 3.8) is 0 Å². The Hall–Kier alpha value is -0.840. The number of alkyl halides is 1. The maximum Gasteiger partial charge on any atom is 0.226 e. The Morgan fingerprint density at radius 2 is 2.38 bits per heavy atom. The molecule has 1 aliphatic rings. The lowest BCUT2D eigenvalue weighted by Crippen LogP contribution is -2.31. The molecule has 0 N–H and O–H groups in total. The molecule has 1 unspecified atom stereocenters. The lowest BCUT2D eigenvalue weighted by molar-refractivity contribution is 0.739. The zero-order valence-corrected chi connectivity index (χ0v) is 11.3. The monoisotopic (exact) mass is 284 g/mol. The van der Waals surface area contributed by atoms with Gasteiger partial charge < -0.3 is 9.80 Å². The predicted molar refractivity (Wildman–Crippen MR) is 70.5 cm³/mol. The summed E-state index contributed by atoms with van der Waals surface area (Å²) in [6.45, 7) is 1.10. The fourth-order valence-electron chi connectivity index (χ4n) is 2.01. The second kappa shape index (κ2) is 4.99. The fraction of sp³-hybridized carbons (Fsp3) is 0.636. The van der Waals surface area contributed by atoms with Crippen LogP contribution < -0.4 is 9.80 Å². The van der Waals surface area contributed by atoms with Gasteiger partial charge in [-0.3, -0.25) is 0 Å². The van der Waals surface area contributed by atoms with Crippen molar-refractivity contribution < 1.29 is 0 Å². The second-order valence-electron chi connectivity index (χ2n) is 4.25. The summed E-state index contributed by atoms with van der Waals surface area (Å²) in [6, 6.07) is 2.57. The average molecular weight is 285 g/mol. The summed E-state index contributed by atoms with van der Waals surface area (Å²) in [4.78, 5) is 13.1. The average Bonchev–Trinajstić information content (AvgIpc) is 2.77. The van der Waals surface area contributed by atoms with Gasteiger partial charge in [0.05, 0.1) is 0 Å². The minimum absolute atomic E-state index is 0.574. The van der Waals surface area contributed by atoms with Crippen molar-refractivity contribution in [3.8, 4) is 0 Å². The Balaban J connectivity index is 2.22. The molecule has 0 amide bonds. The first-order chi connectivity index (χ1) is 7.72. The fourth-order valence-corrected chi connectivity index (χ4v) is 2.69. The van der Waals surface area contributed by atoms with Crippen molar-refractivity contribution in [2.24, 2.45) is 0 Å². The van der Waals surface area contributed by atoms with Gasteiger partial charge in [-0.2, -0.15) is 4.98 Å². The number of aromatic nitrogens is 2. The van der Waals surface area contributed by atoms with E-state index in [0.717, 1.165) is 23.6 Å². The van der Waals surface area contributed by atoms with Crippen LogP contribution in [0.3, 0.4) is 0 Å². The number of halogens is 1. The third kappa shape index (κ3) is 2.29. The van der Waals surface area contributed by atoms with Gasteiger partial charge in [-0.05, 0) is 18.9 Å². The van der Waals surface area contributed by atoms with Crippen LogP contribution in [0.15, 0.2) is 12.3 Å². The normalized spacial score (nSPS) is 20.2. The number of hydrogen-bond donors (Lipinski definition) is 0. The van der Waals surface area contributed by atoms with Crippen LogP contribution in [0, 0.1) is 0 Å². The van der Waals surface area contributed by atoms with Gasteiger partial charge in [-0.1, -0.05) is 15.9 Å². The first kappa shape index (κ1) is 11.6. The van der Waals surface area contributed by atoms with Crippen LogP contribution in [-0.2, 0) is 0 Å². The smallest absolute Gasteiger partial charge is 0.226 e. The molecule has 2 heterocycles. The highest BCUT2D eigenvalue weighted by Gasteiger charge is 2.24. The summed E-state index contributed by atoms with van der Waals surface area (Å²) in [5, 5.41) is 1.01. The molecule has 4 nitrogen and oxygen atoms in total. The van der Waals surface area contributed by atoms with Crippen LogP contribution in [0.4, 0.5) is 11.8 Å². The Morgan fingerprint density at radius 1 is 1.56 bits per heavy atom. The lowest BCUT2D eigenvalue weighted by Gasteiger charge is -2.24. The van der Waals surface area contributed by atoms with Gasteiger partial charge in [0.1, 0.15) is 5.82 Å². The van der Waals surface area contributed by atoms with Crippen LogP contribution in [0.2, 0.25) is 0 Å². The van der Waals surface area contributed by atoms with Gasteiger partial charge in [0.15, 0.2) is 0 Å². The molecule has 0 spiro atoms. The van der Waals surface area contributed by atoms with E-state index in [0.29, 0.717) is 6.04 Å². The van der Waals surface area contributed by atoms with E-state index in [-0.39, 0.29) is 0 Å². The molecular formula is C11H17BrN4. The van der Waals surface area contributed by atoms with Crippen LogP contribution >= 0.6 is 15.9 Å². The first-order valence-electron chi connectivity index (χ1n) is 5.55. The van der Waals surface area contributed by atoms with E-state index < -0.39 is 0 Å². The molecule has 0 aliphatic carbocycles. The first-order valence-corrected chi connectivity index (χ1v) is 6.67. The largest absolute Gasteiger partial charge is 0.353 e. The molecule has 1 aromatic rings. The molecule has 16 heavy (non-hydrogen) atoms. The zero-order chi connectivity index (χ0) is 11.5. The summed E-state index contributed by atoms with van der Waals surface area (Å²) in [5.41, 5.74) is 0. The van der Waals surface area contributed by atoms with Crippen LogP contribution in [-0.4, -0.2) is 42.0 Å². The van der Waals surface area contributed by atoms with Crippen molar-refractivity contribution in [3.05, 3.63) is 12.3 Å². The third-order valence-corrected chi connectivity index (χ3v) is 3.63. The highest BCUT2D eigenvalue weighted by Crippen LogP contribution is 2.25. The van der Waals surface area contributed by atoms with Crippen molar-refractivity contribution in [1.29, 1.82) is 0 Å². The topological polar surface area (TPSA) is 32.3 Å². The number of nitrogens with zero attached hydrogens (tertiary/aromatic N) is 4. The van der Waals surface area contributed by atoms with E-state index in [4.69, 9.17) is 0 Å². The molecule has 0 aromatic carbocycles. The number of rotatable bonds is 3. The van der Waals surface area contributed by atoms with Gasteiger partial charge in [0.25, 0.3) is 0 Å². The quantitative estimate of drug-likeness (QED) is 0.794. The molecule has 1 atom stereocenters. The van der Waals surface area contributed by atoms with Crippen molar-refractivity contribution in [1.82, 2.24) is 9.97 Å². The van der Waals surface area contributed by atoms with Gasteiger partial charge in [-0.25, -0.2) is 4.98 Å². The van der Waals surface area contributed by atoms with Gasteiger partial charge in [0.2, 0.25) is 5.95 Å². The molecule has 1 aromatic heterocycles. The van der Waals surface area contributed by atoms with E-state index in [1.54, 1.807) is 0 Å². The number of anilines is 2. The Bertz CT molecular complexity index is 356. The Labute approximate surface area is 105 Å². The van der Waals surface area contributed by atoms with Gasteiger partial charge in [-0.15, -0.1) is 0 Å². The molecule has 88 valence electrons. The minimum atomic E-state index is 0.574. The van der Waals surface area contributed by atoms with E-state index in [1.165, 1.54) is 12.8 Å². The summed E-state index contributed by atoms with van der Waals surface area (Å²) < 4.78 is 0. The number of hydrogen-bond acceptors (Lipinski definition) is 4. The highest BCUT2D eigenvalue weighted by atomic mass is 79.9. The molecule has 2 rings (SSSR count). The maximum absolute atomic E-state index is 4.57. The standard InChI is InChI=1S/C11H17BrN4/c1-15(2)11-13-6-5-10(14-11)16-7-3-4-9(16)8-12/h5-6,9H,3-4,7-8H2,1-2H3. The second-order valence-corrected chi connectivity index (χ2v) is 4.90. The van der Waals surface area contributed by atoms with Crippen LogP contribution in [0.1, 0.15) is 12.8 Å². The van der Waals surface area contributed by atoms with Crippen molar-refractivity contribution >= 4 is 27.7 Å². The molecule has 0 saturated carbocycles. The van der Waals surface area contributed by atoms with Crippen molar-refractivity contribution in [2.45, 2.75) is 18.9 Å². The van der Waals surface area contributed by atoms with E-state index >= 15 is 0 Å². The molecule has 1 saturated heterocycles. The lowest BCUT2D eigenvalue weighted by atomic mass is 10.2. The SMILES string of the molecule is CN(C)c1nccc(N2CCCC2CBr)n1. The molecule has 0 radical (unpaired) electrons. The third-order valence-electron chi connectivity index (χ3n) is 2.88. The molecule has 1 aliphatic heterocycles. The van der Waals surface area contributed by atoms with Crippen LogP contribution in [0.5, 0.6) is 0 Å². The van der Waals surface area contributed by atoms with Crippen molar-refractivity contribution in [2.75, 3.05) is 35.8 Å². The van der Waals surface area contributed by atoms with Gasteiger partial charge in [0, 0.05) is 38.2 Å². The summed E-state index contributed by atoms with van der Waals surface area (Å²) >= 11 is 3.57. The molecule has 0 bridgehead atoms.